The monoisotopic (exact) mass is 294 g/mol. The Morgan fingerprint density at radius 1 is 1.38 bits per heavy atom. The molecule has 1 heterocycles. The van der Waals surface area contributed by atoms with Gasteiger partial charge < -0.3 is 14.6 Å². The van der Waals surface area contributed by atoms with Crippen molar-refractivity contribution >= 4 is 11.9 Å². The highest BCUT2D eigenvalue weighted by Crippen LogP contribution is 2.60. The summed E-state index contributed by atoms with van der Waals surface area (Å²) in [5.41, 5.74) is -2.88. The van der Waals surface area contributed by atoms with Crippen molar-refractivity contribution in [3.05, 3.63) is 35.6 Å². The van der Waals surface area contributed by atoms with E-state index < -0.39 is 34.9 Å². The molecule has 0 unspecified atom stereocenters. The molecule has 6 heteroatoms. The van der Waals surface area contributed by atoms with E-state index in [1.807, 2.05) is 0 Å². The Morgan fingerprint density at radius 2 is 2.05 bits per heavy atom. The smallest absolute Gasteiger partial charge is 0.327 e. The quantitative estimate of drug-likeness (QED) is 0.661. The molecule has 0 spiro atoms. The number of methoxy groups -OCH3 is 1. The van der Waals surface area contributed by atoms with Gasteiger partial charge in [-0.15, -0.1) is 0 Å². The fourth-order valence-corrected chi connectivity index (χ4v) is 3.51. The molecular weight excluding hydrogens is 279 g/mol. The first-order valence-corrected chi connectivity index (χ1v) is 6.73. The van der Waals surface area contributed by atoms with Crippen LogP contribution in [0.25, 0.3) is 0 Å². The highest BCUT2D eigenvalue weighted by molar-refractivity contribution is 6.04. The maximum Gasteiger partial charge on any atom is 0.327 e. The summed E-state index contributed by atoms with van der Waals surface area (Å²) in [6.45, 7) is 0. The molecule has 0 amide bonds. The van der Waals surface area contributed by atoms with Crippen molar-refractivity contribution in [3.63, 3.8) is 0 Å². The number of benzene rings is 1. The van der Waals surface area contributed by atoms with Gasteiger partial charge in [0.15, 0.2) is 11.5 Å². The van der Waals surface area contributed by atoms with Gasteiger partial charge in [-0.05, 0) is 37.0 Å². The lowest BCUT2D eigenvalue weighted by Gasteiger charge is -2.32. The van der Waals surface area contributed by atoms with E-state index in [4.69, 9.17) is 9.47 Å². The summed E-state index contributed by atoms with van der Waals surface area (Å²) in [6.07, 6.45) is -0.0479. The van der Waals surface area contributed by atoms with E-state index in [9.17, 15) is 19.1 Å². The first-order chi connectivity index (χ1) is 9.95. The molecule has 1 saturated carbocycles. The first-order valence-electron chi connectivity index (χ1n) is 6.73. The van der Waals surface area contributed by atoms with E-state index in [2.05, 4.69) is 0 Å². The van der Waals surface area contributed by atoms with Crippen molar-refractivity contribution in [1.29, 1.82) is 0 Å². The number of esters is 2. The van der Waals surface area contributed by atoms with Gasteiger partial charge in [0.2, 0.25) is 0 Å². The van der Waals surface area contributed by atoms with Gasteiger partial charge in [-0.1, -0.05) is 12.1 Å². The summed E-state index contributed by atoms with van der Waals surface area (Å²) in [5, 5.41) is 11.0. The zero-order chi connectivity index (χ0) is 15.3. The predicted octanol–water partition coefficient (Wildman–Crippen LogP) is 1.50. The molecule has 1 aromatic carbocycles. The summed E-state index contributed by atoms with van der Waals surface area (Å²) < 4.78 is 23.0. The van der Waals surface area contributed by atoms with Gasteiger partial charge in [-0.2, -0.15) is 0 Å². The molecule has 5 nitrogen and oxygen atoms in total. The largest absolute Gasteiger partial charge is 0.468 e. The molecule has 0 radical (unpaired) electrons. The van der Waals surface area contributed by atoms with Crippen LogP contribution in [0.4, 0.5) is 4.39 Å². The molecule has 3 atom stereocenters. The molecule has 2 aliphatic rings. The average Bonchev–Trinajstić information content (AvgIpc) is 2.93. The van der Waals surface area contributed by atoms with Crippen LogP contribution in [-0.4, -0.2) is 29.8 Å². The summed E-state index contributed by atoms with van der Waals surface area (Å²) in [7, 11) is 1.17. The Bertz CT molecular complexity index is 599. The maximum absolute atomic E-state index is 13.0. The third kappa shape index (κ3) is 1.65. The number of halogens is 1. The van der Waals surface area contributed by atoms with Gasteiger partial charge in [0.05, 0.1) is 7.11 Å². The number of carbonyl (C=O) groups excluding carboxylic acids is 2. The number of carbonyl (C=O) groups is 2. The van der Waals surface area contributed by atoms with E-state index in [0.29, 0.717) is 12.0 Å². The van der Waals surface area contributed by atoms with Crippen LogP contribution in [0, 0.1) is 11.2 Å². The van der Waals surface area contributed by atoms with Crippen molar-refractivity contribution in [2.75, 3.05) is 7.11 Å². The first kappa shape index (κ1) is 14.0. The van der Waals surface area contributed by atoms with E-state index in [1.54, 1.807) is 0 Å². The third-order valence-corrected chi connectivity index (χ3v) is 4.56. The molecule has 21 heavy (non-hydrogen) atoms. The van der Waals surface area contributed by atoms with E-state index in [-0.39, 0.29) is 12.8 Å². The summed E-state index contributed by atoms with van der Waals surface area (Å²) in [6, 6.07) is 5.33. The van der Waals surface area contributed by atoms with Crippen LogP contribution in [0.1, 0.15) is 30.9 Å². The third-order valence-electron chi connectivity index (χ3n) is 4.56. The number of rotatable bonds is 2. The lowest BCUT2D eigenvalue weighted by molar-refractivity contribution is -0.169. The highest BCUT2D eigenvalue weighted by atomic mass is 19.1. The van der Waals surface area contributed by atoms with Crippen molar-refractivity contribution in [1.82, 2.24) is 0 Å². The number of fused-ring (bicyclic) bond motifs is 1. The standard InChI is InChI=1S/C15H15FO5/c1-20-12(17)14-7-2-8-15(14,19)11(21-13(14)18)9-3-5-10(16)6-4-9/h3-6,11,19H,2,7-8H2,1H3/t11-,14+,15-/m1/s1. The second-order valence-corrected chi connectivity index (χ2v) is 5.51. The zero-order valence-electron chi connectivity index (χ0n) is 11.5. The van der Waals surface area contributed by atoms with Crippen molar-refractivity contribution in [3.8, 4) is 0 Å². The molecule has 1 saturated heterocycles. The van der Waals surface area contributed by atoms with Crippen LogP contribution in [0.2, 0.25) is 0 Å². The van der Waals surface area contributed by atoms with Gasteiger partial charge in [0.1, 0.15) is 11.4 Å². The van der Waals surface area contributed by atoms with Gasteiger partial charge >= 0.3 is 11.9 Å². The minimum absolute atomic E-state index is 0.187. The predicted molar refractivity (Wildman–Crippen MR) is 68.5 cm³/mol. The fraction of sp³-hybridized carbons (Fsp3) is 0.467. The maximum atomic E-state index is 13.0. The van der Waals surface area contributed by atoms with Crippen LogP contribution in [0.15, 0.2) is 24.3 Å². The molecule has 1 aliphatic carbocycles. The van der Waals surface area contributed by atoms with Gasteiger partial charge in [-0.25, -0.2) is 4.39 Å². The van der Waals surface area contributed by atoms with Crippen LogP contribution in [0.5, 0.6) is 0 Å². The molecule has 112 valence electrons. The summed E-state index contributed by atoms with van der Waals surface area (Å²) in [4.78, 5) is 24.4. The van der Waals surface area contributed by atoms with E-state index in [1.165, 1.54) is 31.4 Å². The van der Waals surface area contributed by atoms with E-state index in [0.717, 1.165) is 0 Å². The number of hydrogen-bond acceptors (Lipinski definition) is 5. The van der Waals surface area contributed by atoms with Crippen LogP contribution in [-0.2, 0) is 19.1 Å². The minimum Gasteiger partial charge on any atom is -0.468 e. The van der Waals surface area contributed by atoms with Crippen LogP contribution >= 0.6 is 0 Å². The van der Waals surface area contributed by atoms with Crippen molar-refractivity contribution < 1.29 is 28.6 Å². The van der Waals surface area contributed by atoms with Crippen molar-refractivity contribution in [2.45, 2.75) is 31.0 Å². The molecule has 1 aliphatic heterocycles. The number of aliphatic hydroxyl groups is 1. The topological polar surface area (TPSA) is 72.8 Å². The second kappa shape index (κ2) is 4.53. The molecule has 1 N–H and O–H groups in total. The van der Waals surface area contributed by atoms with Crippen LogP contribution < -0.4 is 0 Å². The Balaban J connectivity index is 2.08. The minimum atomic E-state index is -1.68. The van der Waals surface area contributed by atoms with Gasteiger partial charge in [-0.3, -0.25) is 9.59 Å². The average molecular weight is 294 g/mol. The molecule has 0 aromatic heterocycles. The molecule has 2 fully saturated rings. The fourth-order valence-electron chi connectivity index (χ4n) is 3.51. The molecule has 3 rings (SSSR count). The van der Waals surface area contributed by atoms with Gasteiger partial charge in [0, 0.05) is 0 Å². The number of cyclic esters (lactones) is 1. The Hall–Kier alpha value is -1.95. The lowest BCUT2D eigenvalue weighted by atomic mass is 9.72. The molecular formula is C15H15FO5. The number of hydrogen-bond donors (Lipinski definition) is 1. The normalized spacial score (nSPS) is 34.4. The Kier molecular flexibility index (Phi) is 3.02. The number of ether oxygens (including phenoxy) is 2. The van der Waals surface area contributed by atoms with Gasteiger partial charge in [0.25, 0.3) is 0 Å². The zero-order valence-corrected chi connectivity index (χ0v) is 11.5. The summed E-state index contributed by atoms with van der Waals surface area (Å²) in [5.74, 6) is -1.98. The molecule has 1 aromatic rings. The van der Waals surface area contributed by atoms with Crippen LogP contribution in [0.3, 0.4) is 0 Å². The molecule has 0 bridgehead atoms. The highest BCUT2D eigenvalue weighted by Gasteiger charge is 2.74. The summed E-state index contributed by atoms with van der Waals surface area (Å²) >= 11 is 0. The lowest BCUT2D eigenvalue weighted by Crippen LogP contribution is -2.51. The second-order valence-electron chi connectivity index (χ2n) is 5.51. The Labute approximate surface area is 120 Å². The van der Waals surface area contributed by atoms with Crippen molar-refractivity contribution in [2.24, 2.45) is 5.41 Å². The SMILES string of the molecule is COC(=O)[C@]12CCC[C@@]1(O)[C@@H](c1ccc(F)cc1)OC2=O. The Morgan fingerprint density at radius 3 is 2.67 bits per heavy atom. The van der Waals surface area contributed by atoms with E-state index >= 15 is 0 Å².